The van der Waals surface area contributed by atoms with Crippen LogP contribution in [0.25, 0.3) is 17.2 Å². The Balaban J connectivity index is 1.59. The number of hydrogen-bond acceptors (Lipinski definition) is 7. The van der Waals surface area contributed by atoms with Gasteiger partial charge in [-0.1, -0.05) is 42.5 Å². The van der Waals surface area contributed by atoms with Crippen LogP contribution in [0.1, 0.15) is 51.3 Å². The van der Waals surface area contributed by atoms with Crippen LogP contribution in [0, 0.1) is 0 Å². The first kappa shape index (κ1) is 26.9. The van der Waals surface area contributed by atoms with E-state index in [1.54, 1.807) is 4.90 Å². The molecule has 2 heterocycles. The van der Waals surface area contributed by atoms with E-state index in [2.05, 4.69) is 5.32 Å². The Morgan fingerprint density at radius 3 is 2.51 bits per heavy atom. The van der Waals surface area contributed by atoms with Gasteiger partial charge in [0.05, 0.1) is 4.91 Å². The molecule has 35 heavy (non-hydrogen) atoms. The first-order chi connectivity index (χ1) is 16.5. The second-order valence-electron chi connectivity index (χ2n) is 8.98. The Kier molecular flexibility index (Phi) is 9.09. The van der Waals surface area contributed by atoms with E-state index < -0.39 is 17.7 Å². The van der Waals surface area contributed by atoms with E-state index in [1.165, 1.54) is 23.1 Å². The molecule has 1 aromatic carbocycles. The molecule has 2 aromatic rings. The van der Waals surface area contributed by atoms with Crippen molar-refractivity contribution in [3.63, 3.8) is 0 Å². The van der Waals surface area contributed by atoms with Crippen molar-refractivity contribution in [1.82, 2.24) is 4.90 Å². The molecule has 1 fully saturated rings. The minimum atomic E-state index is -0.803. The second-order valence-corrected chi connectivity index (χ2v) is 11.6. The summed E-state index contributed by atoms with van der Waals surface area (Å²) < 4.78 is 5.80. The Labute approximate surface area is 218 Å². The number of amides is 2. The molecule has 3 rings (SSSR count). The molecule has 2 N–H and O–H groups in total. The molecular weight excluding hydrogens is 504 g/mol. The third kappa shape index (κ3) is 8.19. The number of thiocarbonyl (C=S) groups is 1. The molecule has 0 aliphatic carbocycles. The van der Waals surface area contributed by atoms with E-state index in [9.17, 15) is 14.4 Å². The number of anilines is 1. The molecule has 1 aromatic heterocycles. The molecular formula is C25H28N2O5S3. The number of benzene rings is 1. The summed E-state index contributed by atoms with van der Waals surface area (Å²) in [6, 6.07) is 9.49. The molecule has 7 nitrogen and oxygen atoms in total. The third-order valence-electron chi connectivity index (χ3n) is 4.90. The van der Waals surface area contributed by atoms with Gasteiger partial charge in [-0.3, -0.25) is 19.8 Å². The van der Waals surface area contributed by atoms with Crippen molar-refractivity contribution in [3.05, 3.63) is 45.5 Å². The monoisotopic (exact) mass is 532 g/mol. The highest BCUT2D eigenvalue weighted by Crippen LogP contribution is 2.35. The van der Waals surface area contributed by atoms with Gasteiger partial charge < -0.3 is 9.84 Å². The number of carbonyl (C=O) groups excluding carboxylic acids is 2. The molecule has 1 aliphatic rings. The van der Waals surface area contributed by atoms with Gasteiger partial charge in [-0.2, -0.15) is 0 Å². The molecule has 1 aliphatic heterocycles. The summed E-state index contributed by atoms with van der Waals surface area (Å²) in [5.41, 5.74) is 2.08. The zero-order valence-electron chi connectivity index (χ0n) is 19.8. The first-order valence-corrected chi connectivity index (χ1v) is 13.3. The van der Waals surface area contributed by atoms with E-state index >= 15 is 0 Å². The largest absolute Gasteiger partial charge is 0.481 e. The summed E-state index contributed by atoms with van der Waals surface area (Å²) in [6.07, 6.45) is 3.55. The topological polar surface area (TPSA) is 95.9 Å². The summed E-state index contributed by atoms with van der Waals surface area (Å²) in [5, 5.41) is 13.5. The molecule has 0 saturated carbocycles. The number of thiophene rings is 1. The number of nitrogens with zero attached hydrogens (tertiary/aromatic N) is 1. The first-order valence-electron chi connectivity index (χ1n) is 11.2. The number of ether oxygens (including phenoxy) is 1. The number of thioether (sulfide) groups is 1. The van der Waals surface area contributed by atoms with Gasteiger partial charge in [-0.15, -0.1) is 11.3 Å². The Hall–Kier alpha value is -2.69. The number of carbonyl (C=O) groups is 3. The fraction of sp³-hybridized carbons (Fsp3) is 0.360. The highest BCUT2D eigenvalue weighted by Gasteiger charge is 2.31. The average Bonchev–Trinajstić information content (AvgIpc) is 3.32. The fourth-order valence-corrected chi connectivity index (χ4v) is 5.51. The van der Waals surface area contributed by atoms with Gasteiger partial charge in [0.25, 0.3) is 5.91 Å². The van der Waals surface area contributed by atoms with E-state index in [4.69, 9.17) is 22.1 Å². The zero-order chi connectivity index (χ0) is 25.6. The summed E-state index contributed by atoms with van der Waals surface area (Å²) in [7, 11) is 0. The highest BCUT2D eigenvalue weighted by atomic mass is 32.2. The molecule has 1 saturated heterocycles. The summed E-state index contributed by atoms with van der Waals surface area (Å²) in [5.74, 6) is -0.909. The predicted octanol–water partition coefficient (Wildman–Crippen LogP) is 6.61. The van der Waals surface area contributed by atoms with E-state index in [-0.39, 0.29) is 12.3 Å². The SMILES string of the molecule is CC(C)(C)OC(=O)Nc1ccc(-c2csc(C=C3SC(=S)N(CCCCCC(=O)O)C3=O)c2)cc1. The lowest BCUT2D eigenvalue weighted by Crippen LogP contribution is -2.29. The number of carboxylic acid groups (broad SMARTS) is 1. The average molecular weight is 533 g/mol. The quantitative estimate of drug-likeness (QED) is 0.213. The normalized spacial score (nSPS) is 15.1. The van der Waals surface area contributed by atoms with Gasteiger partial charge in [-0.25, -0.2) is 4.79 Å². The van der Waals surface area contributed by atoms with Gasteiger partial charge in [0, 0.05) is 23.5 Å². The molecule has 0 unspecified atom stereocenters. The van der Waals surface area contributed by atoms with Crippen LogP contribution in [0.5, 0.6) is 0 Å². The van der Waals surface area contributed by atoms with Crippen LogP contribution in [0.15, 0.2) is 40.6 Å². The minimum Gasteiger partial charge on any atom is -0.481 e. The Morgan fingerprint density at radius 2 is 1.86 bits per heavy atom. The maximum absolute atomic E-state index is 12.8. The third-order valence-corrected chi connectivity index (χ3v) is 7.16. The zero-order valence-corrected chi connectivity index (χ0v) is 22.3. The van der Waals surface area contributed by atoms with Crippen LogP contribution in [0.2, 0.25) is 0 Å². The summed E-state index contributed by atoms with van der Waals surface area (Å²) >= 11 is 8.21. The molecule has 0 bridgehead atoms. The Bertz CT molecular complexity index is 1130. The van der Waals surface area contributed by atoms with Gasteiger partial charge in [0.15, 0.2) is 0 Å². The number of hydrogen-bond donors (Lipinski definition) is 2. The van der Waals surface area contributed by atoms with Crippen LogP contribution < -0.4 is 5.32 Å². The van der Waals surface area contributed by atoms with Gasteiger partial charge in [0.2, 0.25) is 0 Å². The van der Waals surface area contributed by atoms with E-state index in [0.29, 0.717) is 27.9 Å². The molecule has 0 atom stereocenters. The Morgan fingerprint density at radius 1 is 1.14 bits per heavy atom. The van der Waals surface area contributed by atoms with Crippen molar-refractivity contribution in [2.24, 2.45) is 0 Å². The van der Waals surface area contributed by atoms with Crippen molar-refractivity contribution in [2.75, 3.05) is 11.9 Å². The van der Waals surface area contributed by atoms with Crippen LogP contribution in [-0.4, -0.2) is 44.4 Å². The number of rotatable bonds is 9. The molecule has 2 amide bonds. The van der Waals surface area contributed by atoms with Gasteiger partial charge in [0.1, 0.15) is 9.92 Å². The van der Waals surface area contributed by atoms with Gasteiger partial charge >= 0.3 is 12.1 Å². The highest BCUT2D eigenvalue weighted by molar-refractivity contribution is 8.26. The van der Waals surface area contributed by atoms with Crippen molar-refractivity contribution < 1.29 is 24.2 Å². The summed E-state index contributed by atoms with van der Waals surface area (Å²) in [6.45, 7) is 5.94. The summed E-state index contributed by atoms with van der Waals surface area (Å²) in [4.78, 5) is 38.5. The lowest BCUT2D eigenvalue weighted by Gasteiger charge is -2.19. The number of unbranched alkanes of at least 4 members (excludes halogenated alkanes) is 2. The number of carboxylic acids is 1. The van der Waals surface area contributed by atoms with Crippen molar-refractivity contribution >= 4 is 69.4 Å². The van der Waals surface area contributed by atoms with E-state index in [1.807, 2.05) is 62.6 Å². The standard InChI is InChI=1S/C25H28N2O5S3/c1-25(2,3)32-23(31)26-18-10-8-16(9-11-18)17-13-19(34-15-17)14-20-22(30)27(24(33)35-20)12-6-4-5-7-21(28)29/h8-11,13-15H,4-7,12H2,1-3H3,(H,26,31)(H,28,29). The van der Waals surface area contributed by atoms with Crippen molar-refractivity contribution in [1.29, 1.82) is 0 Å². The lowest BCUT2D eigenvalue weighted by molar-refractivity contribution is -0.137. The molecule has 0 spiro atoms. The maximum Gasteiger partial charge on any atom is 0.412 e. The maximum atomic E-state index is 12.8. The van der Waals surface area contributed by atoms with Crippen LogP contribution >= 0.6 is 35.3 Å². The number of nitrogens with one attached hydrogen (secondary N) is 1. The smallest absolute Gasteiger partial charge is 0.412 e. The second kappa shape index (κ2) is 11.8. The lowest BCUT2D eigenvalue weighted by atomic mass is 10.1. The number of aliphatic carboxylic acids is 1. The van der Waals surface area contributed by atoms with E-state index in [0.717, 1.165) is 28.8 Å². The van der Waals surface area contributed by atoms with Crippen molar-refractivity contribution in [3.8, 4) is 11.1 Å². The molecule has 0 radical (unpaired) electrons. The van der Waals surface area contributed by atoms with Crippen LogP contribution in [0.4, 0.5) is 10.5 Å². The van der Waals surface area contributed by atoms with Crippen molar-refractivity contribution in [2.45, 2.75) is 52.1 Å². The predicted molar refractivity (Wildman–Crippen MR) is 146 cm³/mol. The fourth-order valence-electron chi connectivity index (χ4n) is 3.29. The minimum absolute atomic E-state index is 0.106. The van der Waals surface area contributed by atoms with Crippen LogP contribution in [-0.2, 0) is 14.3 Å². The van der Waals surface area contributed by atoms with Gasteiger partial charge in [-0.05, 0) is 74.4 Å². The molecule has 10 heteroatoms. The van der Waals surface area contributed by atoms with Crippen LogP contribution in [0.3, 0.4) is 0 Å². The molecule has 186 valence electrons.